The predicted molar refractivity (Wildman–Crippen MR) is 227 cm³/mol. The van der Waals surface area contributed by atoms with Gasteiger partial charge >= 0.3 is 0 Å². The molecule has 2 aliphatic carbocycles. The van der Waals surface area contributed by atoms with Crippen LogP contribution in [0.5, 0.6) is 0 Å². The van der Waals surface area contributed by atoms with Crippen LogP contribution >= 0.6 is 0 Å². The fraction of sp³-hybridized carbons (Fsp3) is 0.0192. The van der Waals surface area contributed by atoms with Crippen molar-refractivity contribution in [3.05, 3.63) is 216 Å². The molecule has 4 heteroatoms. The molecule has 260 valence electrons. The van der Waals surface area contributed by atoms with E-state index in [1.807, 2.05) is 36.4 Å². The van der Waals surface area contributed by atoms with E-state index >= 15 is 0 Å². The molecule has 0 aliphatic heterocycles. The number of rotatable bonds is 4. The van der Waals surface area contributed by atoms with Gasteiger partial charge in [-0.15, -0.1) is 0 Å². The first-order valence-electron chi connectivity index (χ1n) is 19.1. The molecule has 56 heavy (non-hydrogen) atoms. The first-order chi connectivity index (χ1) is 27.8. The van der Waals surface area contributed by atoms with Crippen molar-refractivity contribution in [3.8, 4) is 62.1 Å². The Morgan fingerprint density at radius 1 is 0.357 bits per heavy atom. The molecule has 0 radical (unpaired) electrons. The van der Waals surface area contributed by atoms with Crippen molar-refractivity contribution in [2.24, 2.45) is 0 Å². The maximum atomic E-state index is 5.11. The predicted octanol–water partition coefficient (Wildman–Crippen LogP) is 12.3. The molecular formula is C52H32N4. The number of hydrogen-bond donors (Lipinski definition) is 0. The van der Waals surface area contributed by atoms with Crippen molar-refractivity contribution in [1.82, 2.24) is 19.5 Å². The van der Waals surface area contributed by atoms with Crippen molar-refractivity contribution in [2.45, 2.75) is 5.41 Å². The minimum atomic E-state index is -0.416. The maximum Gasteiger partial charge on any atom is 0.164 e. The highest BCUT2D eigenvalue weighted by molar-refractivity contribution is 6.19. The molecule has 10 aromatic rings. The monoisotopic (exact) mass is 712 g/mol. The summed E-state index contributed by atoms with van der Waals surface area (Å²) in [5.74, 6) is 1.93. The highest BCUT2D eigenvalue weighted by Crippen LogP contribution is 2.64. The van der Waals surface area contributed by atoms with E-state index < -0.39 is 5.41 Å². The van der Waals surface area contributed by atoms with Gasteiger partial charge in [-0.3, -0.25) is 0 Å². The third-order valence-corrected chi connectivity index (χ3v) is 11.9. The second-order valence-corrected chi connectivity index (χ2v) is 14.7. The number of benzene rings is 8. The first kappa shape index (κ1) is 31.0. The standard InChI is InChI=1S/C52H32N4/c1-4-16-33(17-5-1)49-53-50(34-18-6-2-7-19-34)55-51(54-49)35-28-29-40-46(32-35)56(36-20-8-3-9-21-36)45-31-30-44-47(48(40)45)39-24-12-15-27-43(39)52(44)41-25-13-10-22-37(41)38-23-11-14-26-42(38)52/h1-32H. The van der Waals surface area contributed by atoms with E-state index in [-0.39, 0.29) is 0 Å². The number of nitrogens with zero attached hydrogens (tertiary/aromatic N) is 4. The number of para-hydroxylation sites is 1. The molecule has 2 heterocycles. The largest absolute Gasteiger partial charge is 0.309 e. The second-order valence-electron chi connectivity index (χ2n) is 14.7. The van der Waals surface area contributed by atoms with E-state index in [0.717, 1.165) is 27.9 Å². The Kier molecular flexibility index (Phi) is 6.52. The van der Waals surface area contributed by atoms with E-state index in [9.17, 15) is 0 Å². The summed E-state index contributed by atoms with van der Waals surface area (Å²) in [6.45, 7) is 0. The molecule has 0 N–H and O–H groups in total. The Hall–Kier alpha value is -7.43. The topological polar surface area (TPSA) is 43.6 Å². The Bertz CT molecular complexity index is 3080. The van der Waals surface area contributed by atoms with Gasteiger partial charge in [0.25, 0.3) is 0 Å². The Morgan fingerprint density at radius 3 is 1.43 bits per heavy atom. The van der Waals surface area contributed by atoms with Crippen LogP contribution in [-0.4, -0.2) is 19.5 Å². The van der Waals surface area contributed by atoms with Gasteiger partial charge in [-0.25, -0.2) is 15.0 Å². The van der Waals surface area contributed by atoms with Crippen molar-refractivity contribution >= 4 is 21.8 Å². The van der Waals surface area contributed by atoms with Gasteiger partial charge in [-0.05, 0) is 68.8 Å². The summed E-state index contributed by atoms with van der Waals surface area (Å²) in [6, 6.07) is 69.6. The smallest absolute Gasteiger partial charge is 0.164 e. The van der Waals surface area contributed by atoms with Crippen molar-refractivity contribution in [1.29, 1.82) is 0 Å². The van der Waals surface area contributed by atoms with Crippen LogP contribution in [0.15, 0.2) is 194 Å². The van der Waals surface area contributed by atoms with Crippen LogP contribution in [0, 0.1) is 0 Å². The molecule has 2 aliphatic rings. The van der Waals surface area contributed by atoms with E-state index in [0.29, 0.717) is 17.5 Å². The van der Waals surface area contributed by atoms with Crippen LogP contribution in [0.1, 0.15) is 22.3 Å². The summed E-state index contributed by atoms with van der Waals surface area (Å²) in [5, 5.41) is 2.45. The minimum absolute atomic E-state index is 0.416. The van der Waals surface area contributed by atoms with Crippen molar-refractivity contribution < 1.29 is 0 Å². The SMILES string of the molecule is c1ccc(-c2nc(-c3ccccc3)nc(-c3ccc4c5c6c(ccc5n(-c5ccccc5)c4c3)C3(c4ccccc4-c4ccccc43)c3ccccc3-6)n2)cc1. The summed E-state index contributed by atoms with van der Waals surface area (Å²) >= 11 is 0. The summed E-state index contributed by atoms with van der Waals surface area (Å²) in [7, 11) is 0. The Balaban J connectivity index is 1.17. The van der Waals surface area contributed by atoms with Gasteiger partial charge < -0.3 is 4.57 Å². The maximum absolute atomic E-state index is 5.11. The van der Waals surface area contributed by atoms with Crippen LogP contribution in [0.2, 0.25) is 0 Å². The molecule has 0 fully saturated rings. The van der Waals surface area contributed by atoms with Crippen molar-refractivity contribution in [2.75, 3.05) is 0 Å². The van der Waals surface area contributed by atoms with Gasteiger partial charge in [0, 0.05) is 33.2 Å². The van der Waals surface area contributed by atoms with Gasteiger partial charge in [-0.1, -0.05) is 170 Å². The quantitative estimate of drug-likeness (QED) is 0.182. The average molecular weight is 713 g/mol. The highest BCUT2D eigenvalue weighted by atomic mass is 15.0. The van der Waals surface area contributed by atoms with E-state index in [2.05, 4.69) is 162 Å². The first-order valence-corrected chi connectivity index (χ1v) is 19.1. The average Bonchev–Trinajstić information content (AvgIpc) is 3.88. The molecular weight excluding hydrogens is 681 g/mol. The van der Waals surface area contributed by atoms with Crippen LogP contribution in [0.4, 0.5) is 0 Å². The third-order valence-electron chi connectivity index (χ3n) is 11.9. The van der Waals surface area contributed by atoms with Crippen LogP contribution < -0.4 is 0 Å². The molecule has 2 aromatic heterocycles. The highest BCUT2D eigenvalue weighted by Gasteiger charge is 2.52. The molecule has 12 rings (SSSR count). The summed E-state index contributed by atoms with van der Waals surface area (Å²) in [6.07, 6.45) is 0. The van der Waals surface area contributed by atoms with E-state index in [4.69, 9.17) is 15.0 Å². The lowest BCUT2D eigenvalue weighted by Crippen LogP contribution is -2.25. The molecule has 0 saturated carbocycles. The number of aromatic nitrogens is 4. The summed E-state index contributed by atoms with van der Waals surface area (Å²) in [5.41, 5.74) is 16.4. The Morgan fingerprint density at radius 2 is 0.839 bits per heavy atom. The third kappa shape index (κ3) is 4.21. The van der Waals surface area contributed by atoms with Crippen molar-refractivity contribution in [3.63, 3.8) is 0 Å². The fourth-order valence-corrected chi connectivity index (χ4v) is 9.62. The minimum Gasteiger partial charge on any atom is -0.309 e. The van der Waals surface area contributed by atoms with Gasteiger partial charge in [0.05, 0.1) is 16.4 Å². The molecule has 1 spiro atoms. The molecule has 8 aromatic carbocycles. The molecule has 0 unspecified atom stereocenters. The molecule has 0 saturated heterocycles. The lowest BCUT2D eigenvalue weighted by molar-refractivity contribution is 0.794. The molecule has 0 bridgehead atoms. The molecule has 4 nitrogen and oxygen atoms in total. The second kappa shape index (κ2) is 11.8. The van der Waals surface area contributed by atoms with Gasteiger partial charge in [0.2, 0.25) is 0 Å². The van der Waals surface area contributed by atoms with Gasteiger partial charge in [0.15, 0.2) is 17.5 Å². The lowest BCUT2D eigenvalue weighted by Gasteiger charge is -2.30. The summed E-state index contributed by atoms with van der Waals surface area (Å²) < 4.78 is 2.41. The fourth-order valence-electron chi connectivity index (χ4n) is 9.62. The Labute approximate surface area is 324 Å². The summed E-state index contributed by atoms with van der Waals surface area (Å²) in [4.78, 5) is 15.2. The van der Waals surface area contributed by atoms with E-state index in [1.165, 1.54) is 60.8 Å². The van der Waals surface area contributed by atoms with Gasteiger partial charge in [-0.2, -0.15) is 0 Å². The zero-order chi connectivity index (χ0) is 36.8. The van der Waals surface area contributed by atoms with Crippen LogP contribution in [0.3, 0.4) is 0 Å². The van der Waals surface area contributed by atoms with E-state index in [1.54, 1.807) is 0 Å². The van der Waals surface area contributed by atoms with Gasteiger partial charge in [0.1, 0.15) is 0 Å². The zero-order valence-electron chi connectivity index (χ0n) is 30.3. The lowest BCUT2D eigenvalue weighted by atomic mass is 9.70. The number of hydrogen-bond acceptors (Lipinski definition) is 3. The molecule has 0 amide bonds. The normalized spacial score (nSPS) is 13.1. The number of fused-ring (bicyclic) bond motifs is 14. The van der Waals surface area contributed by atoms with Crippen LogP contribution in [0.25, 0.3) is 83.9 Å². The molecule has 0 atom stereocenters. The van der Waals surface area contributed by atoms with Crippen LogP contribution in [-0.2, 0) is 5.41 Å². The zero-order valence-corrected chi connectivity index (χ0v) is 30.3.